The first-order chi connectivity index (χ1) is 8.58. The summed E-state index contributed by atoms with van der Waals surface area (Å²) in [7, 11) is 2.08. The van der Waals surface area contributed by atoms with Crippen LogP contribution in [0, 0.1) is 13.8 Å². The minimum atomic E-state index is 0.522. The molecule has 0 radical (unpaired) electrons. The number of aromatic nitrogens is 3. The van der Waals surface area contributed by atoms with Gasteiger partial charge in [0.15, 0.2) is 0 Å². The topological polar surface area (TPSA) is 59.6 Å². The minimum absolute atomic E-state index is 0.522. The smallest absolute Gasteiger partial charge is 0.145 e. The highest BCUT2D eigenvalue weighted by Gasteiger charge is 2.15. The molecule has 0 aliphatic carbocycles. The van der Waals surface area contributed by atoms with Gasteiger partial charge in [-0.25, -0.2) is 0 Å². The molecular formula is C14H16N4. The molecule has 0 aliphatic heterocycles. The second kappa shape index (κ2) is 3.63. The second-order valence-electron chi connectivity index (χ2n) is 4.75. The van der Waals surface area contributed by atoms with Gasteiger partial charge >= 0.3 is 0 Å². The van der Waals surface area contributed by atoms with Crippen molar-refractivity contribution in [3.63, 3.8) is 0 Å². The molecule has 92 valence electrons. The van der Waals surface area contributed by atoms with Crippen molar-refractivity contribution in [2.75, 3.05) is 5.73 Å². The summed E-state index contributed by atoms with van der Waals surface area (Å²) in [6, 6.07) is 8.37. The Morgan fingerprint density at radius 1 is 1.22 bits per heavy atom. The molecule has 0 amide bonds. The average Bonchev–Trinajstić information content (AvgIpc) is 2.84. The molecule has 2 aromatic heterocycles. The van der Waals surface area contributed by atoms with Gasteiger partial charge in [0.05, 0.1) is 5.69 Å². The number of nitrogens with one attached hydrogen (secondary N) is 1. The third-order valence-electron chi connectivity index (χ3n) is 3.51. The van der Waals surface area contributed by atoms with Crippen molar-refractivity contribution in [1.29, 1.82) is 0 Å². The van der Waals surface area contributed by atoms with Crippen LogP contribution in [0.5, 0.6) is 0 Å². The standard InChI is InChI=1S/C14H16N4/c1-8-4-5-12-10(6-8)14(9(2)18(12)3)11-7-13(15)17-16-11/h4-7H,1-3H3,(H3,15,16,17). The number of nitrogen functional groups attached to an aromatic ring is 1. The van der Waals surface area contributed by atoms with Crippen molar-refractivity contribution in [2.24, 2.45) is 7.05 Å². The fourth-order valence-corrected chi connectivity index (χ4v) is 2.49. The minimum Gasteiger partial charge on any atom is -0.382 e. The van der Waals surface area contributed by atoms with Gasteiger partial charge in [-0.15, -0.1) is 0 Å². The molecule has 0 atom stereocenters. The molecule has 3 aromatic rings. The number of nitrogens with two attached hydrogens (primary N) is 1. The van der Waals surface area contributed by atoms with E-state index < -0.39 is 0 Å². The maximum atomic E-state index is 5.70. The molecule has 4 heteroatoms. The lowest BCUT2D eigenvalue weighted by molar-refractivity contribution is 0.918. The molecule has 3 N–H and O–H groups in total. The van der Waals surface area contributed by atoms with Gasteiger partial charge in [-0.3, -0.25) is 5.10 Å². The summed E-state index contributed by atoms with van der Waals surface area (Å²) in [6.45, 7) is 4.22. The van der Waals surface area contributed by atoms with E-state index >= 15 is 0 Å². The Hall–Kier alpha value is -2.23. The normalized spacial score (nSPS) is 11.3. The SMILES string of the molecule is Cc1ccc2c(c1)c(-c1cc(N)n[nH]1)c(C)n2C. The molecule has 0 saturated carbocycles. The van der Waals surface area contributed by atoms with Crippen molar-refractivity contribution >= 4 is 16.7 Å². The van der Waals surface area contributed by atoms with E-state index in [9.17, 15) is 0 Å². The van der Waals surface area contributed by atoms with Crippen LogP contribution in [0.2, 0.25) is 0 Å². The zero-order valence-electron chi connectivity index (χ0n) is 10.8. The fourth-order valence-electron chi connectivity index (χ4n) is 2.49. The Morgan fingerprint density at radius 3 is 2.67 bits per heavy atom. The van der Waals surface area contributed by atoms with Gasteiger partial charge < -0.3 is 10.3 Å². The number of hydrogen-bond acceptors (Lipinski definition) is 2. The van der Waals surface area contributed by atoms with Gasteiger partial charge in [-0.1, -0.05) is 11.6 Å². The van der Waals surface area contributed by atoms with Crippen LogP contribution in [0.1, 0.15) is 11.3 Å². The second-order valence-corrected chi connectivity index (χ2v) is 4.75. The number of fused-ring (bicyclic) bond motifs is 1. The summed E-state index contributed by atoms with van der Waals surface area (Å²) in [5, 5.41) is 8.25. The zero-order chi connectivity index (χ0) is 12.9. The first-order valence-electron chi connectivity index (χ1n) is 5.95. The van der Waals surface area contributed by atoms with Gasteiger partial charge in [-0.05, 0) is 26.0 Å². The summed E-state index contributed by atoms with van der Waals surface area (Å²) in [5.41, 5.74) is 11.5. The number of rotatable bonds is 1. The predicted molar refractivity (Wildman–Crippen MR) is 74.4 cm³/mol. The van der Waals surface area contributed by atoms with Gasteiger partial charge in [0.2, 0.25) is 0 Å². The molecule has 0 bridgehead atoms. The van der Waals surface area contributed by atoms with Crippen LogP contribution < -0.4 is 5.73 Å². The monoisotopic (exact) mass is 240 g/mol. The Balaban J connectivity index is 2.40. The van der Waals surface area contributed by atoms with E-state index in [1.807, 2.05) is 6.07 Å². The molecule has 4 nitrogen and oxygen atoms in total. The van der Waals surface area contributed by atoms with E-state index in [0.29, 0.717) is 5.82 Å². The number of anilines is 1. The van der Waals surface area contributed by atoms with Crippen molar-refractivity contribution in [3.8, 4) is 11.3 Å². The van der Waals surface area contributed by atoms with Gasteiger partial charge in [-0.2, -0.15) is 5.10 Å². The number of nitrogens with zero attached hydrogens (tertiary/aromatic N) is 2. The summed E-state index contributed by atoms with van der Waals surface area (Å²) < 4.78 is 2.20. The van der Waals surface area contributed by atoms with E-state index in [4.69, 9.17) is 5.73 Å². The van der Waals surface area contributed by atoms with Gasteiger partial charge in [0.25, 0.3) is 0 Å². The maximum Gasteiger partial charge on any atom is 0.145 e. The molecular weight excluding hydrogens is 224 g/mol. The maximum absolute atomic E-state index is 5.70. The van der Waals surface area contributed by atoms with Crippen molar-refractivity contribution in [1.82, 2.24) is 14.8 Å². The van der Waals surface area contributed by atoms with Crippen LogP contribution in [0.25, 0.3) is 22.2 Å². The van der Waals surface area contributed by atoms with Gasteiger partial charge in [0.1, 0.15) is 5.82 Å². The van der Waals surface area contributed by atoms with Crippen LogP contribution in [-0.2, 0) is 7.05 Å². The highest BCUT2D eigenvalue weighted by Crippen LogP contribution is 2.33. The highest BCUT2D eigenvalue weighted by molar-refractivity contribution is 5.97. The van der Waals surface area contributed by atoms with E-state index in [1.54, 1.807) is 0 Å². The van der Waals surface area contributed by atoms with E-state index in [0.717, 1.165) is 5.69 Å². The van der Waals surface area contributed by atoms with Crippen LogP contribution in [0.15, 0.2) is 24.3 Å². The van der Waals surface area contributed by atoms with Crippen molar-refractivity contribution in [2.45, 2.75) is 13.8 Å². The molecule has 0 unspecified atom stereocenters. The molecule has 0 fully saturated rings. The van der Waals surface area contributed by atoms with Crippen LogP contribution in [0.3, 0.4) is 0 Å². The van der Waals surface area contributed by atoms with E-state index in [2.05, 4.69) is 53.9 Å². The Kier molecular flexibility index (Phi) is 2.20. The lowest BCUT2D eigenvalue weighted by Crippen LogP contribution is -1.90. The van der Waals surface area contributed by atoms with E-state index in [1.165, 1.54) is 27.7 Å². The lowest BCUT2D eigenvalue weighted by Gasteiger charge is -1.99. The first kappa shape index (κ1) is 10.9. The number of H-pyrrole nitrogens is 1. The van der Waals surface area contributed by atoms with Crippen LogP contribution in [-0.4, -0.2) is 14.8 Å². The molecule has 2 heterocycles. The Bertz CT molecular complexity index is 734. The Labute approximate surface area is 105 Å². The molecule has 1 aromatic carbocycles. The summed E-state index contributed by atoms with van der Waals surface area (Å²) in [4.78, 5) is 0. The summed E-state index contributed by atoms with van der Waals surface area (Å²) in [5.74, 6) is 0.522. The number of hydrogen-bond donors (Lipinski definition) is 2. The largest absolute Gasteiger partial charge is 0.382 e. The molecule has 0 saturated heterocycles. The quantitative estimate of drug-likeness (QED) is 0.687. The predicted octanol–water partition coefficient (Wildman–Crippen LogP) is 2.77. The fraction of sp³-hybridized carbons (Fsp3) is 0.214. The molecule has 0 spiro atoms. The number of aromatic amines is 1. The lowest BCUT2D eigenvalue weighted by atomic mass is 10.1. The third-order valence-corrected chi connectivity index (χ3v) is 3.51. The van der Waals surface area contributed by atoms with Crippen molar-refractivity contribution < 1.29 is 0 Å². The van der Waals surface area contributed by atoms with Crippen LogP contribution in [0.4, 0.5) is 5.82 Å². The molecule has 0 aliphatic rings. The molecule has 3 rings (SSSR count). The highest BCUT2D eigenvalue weighted by atomic mass is 15.2. The van der Waals surface area contributed by atoms with Gasteiger partial charge in [0, 0.05) is 35.3 Å². The summed E-state index contributed by atoms with van der Waals surface area (Å²) in [6.07, 6.45) is 0. The third kappa shape index (κ3) is 1.42. The van der Waals surface area contributed by atoms with Crippen molar-refractivity contribution in [3.05, 3.63) is 35.5 Å². The number of benzene rings is 1. The zero-order valence-corrected chi connectivity index (χ0v) is 10.8. The van der Waals surface area contributed by atoms with E-state index in [-0.39, 0.29) is 0 Å². The summed E-state index contributed by atoms with van der Waals surface area (Å²) >= 11 is 0. The number of aryl methyl sites for hydroxylation is 2. The average molecular weight is 240 g/mol. The molecule has 18 heavy (non-hydrogen) atoms. The first-order valence-corrected chi connectivity index (χ1v) is 5.95. The van der Waals surface area contributed by atoms with Crippen LogP contribution >= 0.6 is 0 Å². The Morgan fingerprint density at radius 2 is 2.00 bits per heavy atom.